The van der Waals surface area contributed by atoms with Gasteiger partial charge in [0.25, 0.3) is 23.6 Å². The predicted molar refractivity (Wildman–Crippen MR) is 327 cm³/mol. The molecule has 0 aliphatic heterocycles. The summed E-state index contributed by atoms with van der Waals surface area (Å²) in [6.45, 7) is 1.35. The van der Waals surface area contributed by atoms with Gasteiger partial charge in [0.1, 0.15) is 35.1 Å². The molecule has 0 fully saturated rings. The van der Waals surface area contributed by atoms with Crippen LogP contribution in [0.25, 0.3) is 10.9 Å². The number of aromatic nitrogens is 1. The topological polar surface area (TPSA) is 387 Å². The van der Waals surface area contributed by atoms with Gasteiger partial charge in [0.15, 0.2) is 0 Å². The Balaban J connectivity index is 1.14. The summed E-state index contributed by atoms with van der Waals surface area (Å²) >= 11 is 0. The molecule has 24 nitrogen and oxygen atoms in total. The first-order valence-electron chi connectivity index (χ1n) is 28.1. The lowest BCUT2D eigenvalue weighted by molar-refractivity contribution is -0.118. The first-order chi connectivity index (χ1) is 41.0. The van der Waals surface area contributed by atoms with E-state index in [2.05, 4.69) is 42.2 Å². The molecule has 6 rings (SSSR count). The number of aromatic amines is 1. The van der Waals surface area contributed by atoms with Crippen LogP contribution in [-0.4, -0.2) is 125 Å². The van der Waals surface area contributed by atoms with Gasteiger partial charge in [-0.15, -0.1) is 0 Å². The fourth-order valence-corrected chi connectivity index (χ4v) is 9.48. The number of methoxy groups -OCH3 is 4. The number of nitrogens with one attached hydrogen (secondary N) is 8. The number of ether oxygens (including phenoxy) is 4. The van der Waals surface area contributed by atoms with Crippen molar-refractivity contribution in [1.82, 2.24) is 20.9 Å². The Morgan fingerprint density at radius 2 is 0.906 bits per heavy atom. The monoisotopic (exact) mass is 1170 g/mol. The van der Waals surface area contributed by atoms with E-state index in [0.29, 0.717) is 76.0 Å². The van der Waals surface area contributed by atoms with Crippen molar-refractivity contribution in [3.8, 4) is 23.0 Å². The van der Waals surface area contributed by atoms with Crippen molar-refractivity contribution < 1.29 is 52.5 Å². The van der Waals surface area contributed by atoms with Crippen LogP contribution >= 0.6 is 0 Å². The van der Waals surface area contributed by atoms with Crippen LogP contribution in [-0.2, 0) is 20.8 Å². The van der Waals surface area contributed by atoms with Crippen LogP contribution in [0.4, 0.5) is 22.7 Å². The van der Waals surface area contributed by atoms with Gasteiger partial charge < -0.3 is 89.8 Å². The quantitative estimate of drug-likeness (QED) is 0.0239. The minimum absolute atomic E-state index is 0.00888. The molecule has 0 aliphatic carbocycles. The zero-order valence-electron chi connectivity index (χ0n) is 48.4. The normalized spacial score (nSPS) is 12.4. The molecule has 85 heavy (non-hydrogen) atoms. The Bertz CT molecular complexity index is 3280. The lowest BCUT2D eigenvalue weighted by atomic mass is 10.0. The molecular formula is C61H79N13O11. The molecule has 0 spiro atoms. The molecule has 454 valence electrons. The molecule has 4 unspecified atom stereocenters. The standard InChI is InChI=1S/C61H79N13O11/c1-82-51-23-19-38(31-43(51)55(66)75)70-60(80)49(16-8-11-27-63)74-58(78)46-33-40(21-25-54(46)85-4)71-61(81)50(17-9-12-28-64)73-57(77)44-30-37(18-22-52(44)83-2)67-35-41(13-7-10-26-62)72-56(76)45-32-39(20-24-53(45)84-3)69-59(79)47(65)29-36-34-68-48-15-6-5-14-42(36)48/h5-6,14-15,18-25,30-34,41,47,49-50,67-68H,7-13,16-17,26-29,35,62-65H2,1-4H3,(H2,66,75)(H,69,79)(H,70,80)(H,71,81)(H,72,76)(H,73,77)(H,74,78). The molecule has 7 amide bonds. The number of hydrogen-bond donors (Lipinski definition) is 13. The molecular weight excluding hydrogens is 1090 g/mol. The Hall–Kier alpha value is -9.23. The van der Waals surface area contributed by atoms with Crippen molar-refractivity contribution in [3.05, 3.63) is 131 Å². The molecule has 0 radical (unpaired) electrons. The fraction of sp³-hybridized carbons (Fsp3) is 0.361. The summed E-state index contributed by atoms with van der Waals surface area (Å²) in [7, 11) is 5.60. The Morgan fingerprint density at radius 1 is 0.494 bits per heavy atom. The number of nitrogens with two attached hydrogens (primary N) is 5. The van der Waals surface area contributed by atoms with Crippen molar-refractivity contribution in [2.45, 2.75) is 88.4 Å². The van der Waals surface area contributed by atoms with E-state index in [0.717, 1.165) is 16.5 Å². The van der Waals surface area contributed by atoms with E-state index < -0.39 is 65.5 Å². The first-order valence-corrected chi connectivity index (χ1v) is 28.1. The van der Waals surface area contributed by atoms with E-state index in [1.165, 1.54) is 70.9 Å². The maximum atomic E-state index is 14.3. The molecule has 1 heterocycles. The second-order valence-corrected chi connectivity index (χ2v) is 20.1. The van der Waals surface area contributed by atoms with E-state index in [9.17, 15) is 33.6 Å². The van der Waals surface area contributed by atoms with Gasteiger partial charge in [-0.1, -0.05) is 24.6 Å². The highest BCUT2D eigenvalue weighted by Crippen LogP contribution is 2.28. The number of hydrogen-bond acceptors (Lipinski definition) is 16. The molecule has 6 aromatic rings. The Kier molecular flexibility index (Phi) is 24.9. The second-order valence-electron chi connectivity index (χ2n) is 20.1. The molecule has 18 N–H and O–H groups in total. The summed E-state index contributed by atoms with van der Waals surface area (Å²) in [6.07, 6.45) is 6.51. The van der Waals surface area contributed by atoms with E-state index >= 15 is 0 Å². The molecule has 0 saturated heterocycles. The van der Waals surface area contributed by atoms with Crippen LogP contribution in [0.3, 0.4) is 0 Å². The molecule has 24 heteroatoms. The number of amides is 7. The van der Waals surface area contributed by atoms with Crippen molar-refractivity contribution in [2.75, 3.05) is 75.9 Å². The predicted octanol–water partition coefficient (Wildman–Crippen LogP) is 4.88. The first kappa shape index (κ1) is 64.9. The lowest BCUT2D eigenvalue weighted by Crippen LogP contribution is -2.44. The number of rotatable bonds is 34. The third kappa shape index (κ3) is 18.4. The highest BCUT2D eigenvalue weighted by Gasteiger charge is 2.28. The zero-order valence-corrected chi connectivity index (χ0v) is 48.4. The summed E-state index contributed by atoms with van der Waals surface area (Å²) in [4.78, 5) is 99.0. The van der Waals surface area contributed by atoms with Crippen LogP contribution in [0.2, 0.25) is 0 Å². The largest absolute Gasteiger partial charge is 0.496 e. The number of unbranched alkanes of at least 4 members (excludes halogenated alkanes) is 3. The summed E-state index contributed by atoms with van der Waals surface area (Å²) in [6, 6.07) is 22.7. The molecule has 4 atom stereocenters. The van der Waals surface area contributed by atoms with Gasteiger partial charge in [-0.3, -0.25) is 33.6 Å². The lowest BCUT2D eigenvalue weighted by Gasteiger charge is -2.22. The van der Waals surface area contributed by atoms with Crippen LogP contribution in [0, 0.1) is 0 Å². The third-order valence-corrected chi connectivity index (χ3v) is 14.1. The SMILES string of the molecule is COc1ccc(NC(=O)C(CCCCN)NC(=O)c2cc(NC(=O)C(CCCCN)NC(=O)c3cc(NCC(CCCCN)NC(=O)c4cc(NC(=O)C(N)Cc5c[nH]c6ccccc56)ccc4OC)ccc3OC)ccc2OC)cc1C(N)=O. The minimum Gasteiger partial charge on any atom is -0.496 e. The second kappa shape index (κ2) is 32.6. The maximum absolute atomic E-state index is 14.3. The van der Waals surface area contributed by atoms with E-state index in [4.69, 9.17) is 47.6 Å². The number of H-pyrrole nitrogens is 1. The molecule has 0 saturated carbocycles. The number of benzene rings is 5. The van der Waals surface area contributed by atoms with Gasteiger partial charge in [-0.2, -0.15) is 0 Å². The van der Waals surface area contributed by atoms with Crippen LogP contribution in [0.1, 0.15) is 105 Å². The van der Waals surface area contributed by atoms with Gasteiger partial charge in [0, 0.05) is 52.4 Å². The molecule has 0 aliphatic rings. The summed E-state index contributed by atoms with van der Waals surface area (Å²) in [5.74, 6) is -3.32. The molecule has 5 aromatic carbocycles. The smallest absolute Gasteiger partial charge is 0.255 e. The van der Waals surface area contributed by atoms with Gasteiger partial charge in [-0.25, -0.2) is 0 Å². The maximum Gasteiger partial charge on any atom is 0.255 e. The van der Waals surface area contributed by atoms with Crippen molar-refractivity contribution >= 4 is 75.0 Å². The highest BCUT2D eigenvalue weighted by atomic mass is 16.5. The van der Waals surface area contributed by atoms with Crippen molar-refractivity contribution in [1.29, 1.82) is 0 Å². The van der Waals surface area contributed by atoms with Gasteiger partial charge in [-0.05, 0) is 162 Å². The highest BCUT2D eigenvalue weighted by molar-refractivity contribution is 6.06. The number of primary amides is 1. The fourth-order valence-electron chi connectivity index (χ4n) is 9.48. The third-order valence-electron chi connectivity index (χ3n) is 14.1. The Labute approximate surface area is 493 Å². The minimum atomic E-state index is -1.10. The van der Waals surface area contributed by atoms with Gasteiger partial charge in [0.2, 0.25) is 17.7 Å². The summed E-state index contributed by atoms with van der Waals surface area (Å²) in [5.41, 5.74) is 32.8. The van der Waals surface area contributed by atoms with E-state index in [-0.39, 0.29) is 82.4 Å². The zero-order chi connectivity index (χ0) is 61.4. The van der Waals surface area contributed by atoms with Gasteiger partial charge >= 0.3 is 0 Å². The average molecular weight is 1170 g/mol. The molecule has 1 aromatic heterocycles. The Morgan fingerprint density at radius 3 is 1.38 bits per heavy atom. The van der Waals surface area contributed by atoms with Gasteiger partial charge in [0.05, 0.1) is 56.7 Å². The average Bonchev–Trinajstić information content (AvgIpc) is 3.98. The van der Waals surface area contributed by atoms with E-state index in [1.54, 1.807) is 30.3 Å². The summed E-state index contributed by atoms with van der Waals surface area (Å²) < 4.78 is 21.9. The number of para-hydroxylation sites is 1. The number of fused-ring (bicyclic) bond motifs is 1. The van der Waals surface area contributed by atoms with Crippen LogP contribution in [0.5, 0.6) is 23.0 Å². The molecule has 0 bridgehead atoms. The van der Waals surface area contributed by atoms with Crippen LogP contribution < -0.4 is 84.8 Å². The van der Waals surface area contributed by atoms with Crippen LogP contribution in [0.15, 0.2) is 103 Å². The number of carbonyl (C=O) groups excluding carboxylic acids is 7. The van der Waals surface area contributed by atoms with Crippen molar-refractivity contribution in [3.63, 3.8) is 0 Å². The summed E-state index contributed by atoms with van der Waals surface area (Å²) in [5, 5.41) is 21.4. The van der Waals surface area contributed by atoms with E-state index in [1.807, 2.05) is 30.5 Å². The van der Waals surface area contributed by atoms with Crippen molar-refractivity contribution in [2.24, 2.45) is 28.7 Å². The number of anilines is 4. The number of carbonyl (C=O) groups is 7.